The minimum Gasteiger partial charge on any atom is -0.490 e. The fourth-order valence-corrected chi connectivity index (χ4v) is 3.91. The maximum atomic E-state index is 12.2. The molecule has 0 bridgehead atoms. The van der Waals surface area contributed by atoms with Gasteiger partial charge in [-0.2, -0.15) is 4.98 Å². The Balaban J connectivity index is 1.78. The van der Waals surface area contributed by atoms with E-state index in [-0.39, 0.29) is 5.75 Å². The average molecular weight is 398 g/mol. The number of hydrogen-bond donors (Lipinski definition) is 1. The van der Waals surface area contributed by atoms with Gasteiger partial charge in [0, 0.05) is 20.8 Å². The number of methoxy groups -OCH3 is 1. The van der Waals surface area contributed by atoms with Crippen molar-refractivity contribution in [2.45, 2.75) is 6.54 Å². The summed E-state index contributed by atoms with van der Waals surface area (Å²) in [7, 11) is 1.46. The molecule has 0 aliphatic carbocycles. The maximum Gasteiger partial charge on any atom is 0.316 e. The number of halogens is 1. The first-order valence-corrected chi connectivity index (χ1v) is 9.53. The number of ether oxygens (including phenoxy) is 1. The van der Waals surface area contributed by atoms with E-state index in [1.165, 1.54) is 7.11 Å². The number of nitrogens with one attached hydrogen (secondary N) is 1. The smallest absolute Gasteiger partial charge is 0.316 e. The van der Waals surface area contributed by atoms with Gasteiger partial charge in [-0.25, -0.2) is 0 Å². The number of fused-ring (bicyclic) bond motifs is 1. The molecule has 0 spiro atoms. The Kier molecular flexibility index (Phi) is 4.83. The van der Waals surface area contributed by atoms with Crippen LogP contribution in [-0.4, -0.2) is 16.7 Å². The normalized spacial score (nSPS) is 10.9. The molecule has 136 valence electrons. The van der Waals surface area contributed by atoms with Crippen molar-refractivity contribution in [2.75, 3.05) is 12.4 Å². The SMILES string of the molecule is COc1cn(Cc2cccc(Cl)c2)c(Nc2cccc3sccc23)nc1=O. The first-order valence-electron chi connectivity index (χ1n) is 8.27. The minimum atomic E-state index is -0.417. The number of nitrogens with zero attached hydrogens (tertiary/aromatic N) is 2. The van der Waals surface area contributed by atoms with Crippen LogP contribution >= 0.6 is 22.9 Å². The van der Waals surface area contributed by atoms with E-state index >= 15 is 0 Å². The van der Waals surface area contributed by atoms with Gasteiger partial charge in [0.05, 0.1) is 19.9 Å². The van der Waals surface area contributed by atoms with Gasteiger partial charge in [0.25, 0.3) is 0 Å². The Hall–Kier alpha value is -2.83. The third kappa shape index (κ3) is 3.67. The third-order valence-electron chi connectivity index (χ3n) is 4.17. The first kappa shape index (κ1) is 17.6. The second-order valence-corrected chi connectivity index (χ2v) is 7.34. The molecule has 0 amide bonds. The van der Waals surface area contributed by atoms with Gasteiger partial charge in [0.1, 0.15) is 0 Å². The molecule has 0 saturated carbocycles. The van der Waals surface area contributed by atoms with Crippen LogP contribution in [0.5, 0.6) is 5.75 Å². The van der Waals surface area contributed by atoms with Crippen LogP contribution in [0, 0.1) is 0 Å². The Bertz CT molecular complexity index is 1170. The molecular formula is C20H16ClN3O2S. The molecule has 0 unspecified atom stereocenters. The second kappa shape index (κ2) is 7.42. The summed E-state index contributed by atoms with van der Waals surface area (Å²) in [6.07, 6.45) is 1.66. The van der Waals surface area contributed by atoms with Gasteiger partial charge in [-0.05, 0) is 41.3 Å². The summed E-state index contributed by atoms with van der Waals surface area (Å²) < 4.78 is 8.17. The molecule has 4 rings (SSSR count). The van der Waals surface area contributed by atoms with Crippen LogP contribution < -0.4 is 15.6 Å². The van der Waals surface area contributed by atoms with Crippen molar-refractivity contribution in [3.63, 3.8) is 0 Å². The zero-order chi connectivity index (χ0) is 18.8. The lowest BCUT2D eigenvalue weighted by Crippen LogP contribution is -2.18. The summed E-state index contributed by atoms with van der Waals surface area (Å²) in [6.45, 7) is 0.492. The van der Waals surface area contributed by atoms with Gasteiger partial charge in [-0.15, -0.1) is 11.3 Å². The maximum absolute atomic E-state index is 12.2. The van der Waals surface area contributed by atoms with Crippen LogP contribution in [-0.2, 0) is 6.54 Å². The first-order chi connectivity index (χ1) is 13.1. The zero-order valence-corrected chi connectivity index (χ0v) is 16.1. The molecular weight excluding hydrogens is 382 g/mol. The summed E-state index contributed by atoms with van der Waals surface area (Å²) in [6, 6.07) is 15.6. The van der Waals surface area contributed by atoms with Crippen molar-refractivity contribution >= 4 is 44.7 Å². The standard InChI is InChI=1S/C20H16ClN3O2S/c1-26-17-12-24(11-13-4-2-5-14(21)10-13)20(23-19(17)25)22-16-6-3-7-18-15(16)8-9-27-18/h2-10,12H,11H2,1H3,(H,22,23,25). The molecule has 0 atom stereocenters. The van der Waals surface area contributed by atoms with Gasteiger partial charge >= 0.3 is 5.56 Å². The van der Waals surface area contributed by atoms with Crippen LogP contribution in [0.1, 0.15) is 5.56 Å². The van der Waals surface area contributed by atoms with E-state index < -0.39 is 5.56 Å². The Morgan fingerprint density at radius 2 is 2.07 bits per heavy atom. The fourth-order valence-electron chi connectivity index (χ4n) is 2.89. The lowest BCUT2D eigenvalue weighted by Gasteiger charge is -2.16. The highest BCUT2D eigenvalue weighted by molar-refractivity contribution is 7.17. The van der Waals surface area contributed by atoms with E-state index in [9.17, 15) is 4.79 Å². The van der Waals surface area contributed by atoms with Gasteiger partial charge in [-0.1, -0.05) is 29.8 Å². The number of aromatic nitrogens is 2. The molecule has 0 aliphatic heterocycles. The molecule has 5 nitrogen and oxygen atoms in total. The Morgan fingerprint density at radius 3 is 2.89 bits per heavy atom. The van der Waals surface area contributed by atoms with E-state index in [1.807, 2.05) is 52.4 Å². The summed E-state index contributed by atoms with van der Waals surface area (Å²) in [5.74, 6) is 0.635. The van der Waals surface area contributed by atoms with E-state index in [2.05, 4.69) is 16.4 Å². The summed E-state index contributed by atoms with van der Waals surface area (Å²) in [5, 5.41) is 7.08. The molecule has 27 heavy (non-hydrogen) atoms. The van der Waals surface area contributed by atoms with E-state index in [4.69, 9.17) is 16.3 Å². The fraction of sp³-hybridized carbons (Fsp3) is 0.100. The number of rotatable bonds is 5. The highest BCUT2D eigenvalue weighted by atomic mass is 35.5. The molecule has 4 aromatic rings. The zero-order valence-electron chi connectivity index (χ0n) is 14.5. The van der Waals surface area contributed by atoms with Crippen molar-refractivity contribution in [3.8, 4) is 5.75 Å². The third-order valence-corrected chi connectivity index (χ3v) is 5.28. The number of anilines is 2. The van der Waals surface area contributed by atoms with Gasteiger partial charge in [-0.3, -0.25) is 4.79 Å². The Morgan fingerprint density at radius 1 is 1.22 bits per heavy atom. The summed E-state index contributed by atoms with van der Waals surface area (Å²) >= 11 is 7.77. The van der Waals surface area contributed by atoms with Gasteiger partial charge in [0.15, 0.2) is 0 Å². The molecule has 1 N–H and O–H groups in total. The van der Waals surface area contributed by atoms with Crippen LogP contribution in [0.4, 0.5) is 11.6 Å². The van der Waals surface area contributed by atoms with E-state index in [0.717, 1.165) is 21.3 Å². The predicted molar refractivity (Wildman–Crippen MR) is 111 cm³/mol. The number of thiophene rings is 1. The van der Waals surface area contributed by atoms with Crippen LogP contribution in [0.2, 0.25) is 5.02 Å². The Labute approximate surface area is 164 Å². The second-order valence-electron chi connectivity index (χ2n) is 5.96. The molecule has 2 heterocycles. The van der Waals surface area contributed by atoms with Crippen LogP contribution in [0.15, 0.2) is 64.9 Å². The van der Waals surface area contributed by atoms with Crippen molar-refractivity contribution in [1.82, 2.24) is 9.55 Å². The van der Waals surface area contributed by atoms with Gasteiger partial charge < -0.3 is 14.6 Å². The average Bonchev–Trinajstić information content (AvgIpc) is 3.14. The van der Waals surface area contributed by atoms with Crippen molar-refractivity contribution in [2.24, 2.45) is 0 Å². The minimum absolute atomic E-state index is 0.191. The van der Waals surface area contributed by atoms with Gasteiger partial charge in [0.2, 0.25) is 11.7 Å². The van der Waals surface area contributed by atoms with Crippen LogP contribution in [0.25, 0.3) is 10.1 Å². The molecule has 2 aromatic carbocycles. The summed E-state index contributed by atoms with van der Waals surface area (Å²) in [5.41, 5.74) is 1.47. The van der Waals surface area contributed by atoms with Crippen molar-refractivity contribution in [1.29, 1.82) is 0 Å². The highest BCUT2D eigenvalue weighted by Crippen LogP contribution is 2.29. The van der Waals surface area contributed by atoms with Crippen molar-refractivity contribution < 1.29 is 4.74 Å². The molecule has 0 radical (unpaired) electrons. The lowest BCUT2D eigenvalue weighted by molar-refractivity contribution is 0.402. The van der Waals surface area contributed by atoms with Crippen LogP contribution in [0.3, 0.4) is 0 Å². The van der Waals surface area contributed by atoms with E-state index in [0.29, 0.717) is 17.5 Å². The lowest BCUT2D eigenvalue weighted by atomic mass is 10.2. The largest absolute Gasteiger partial charge is 0.490 e. The quantitative estimate of drug-likeness (QED) is 0.519. The predicted octanol–water partition coefficient (Wildman–Crippen LogP) is 4.91. The number of benzene rings is 2. The number of hydrogen-bond acceptors (Lipinski definition) is 5. The highest BCUT2D eigenvalue weighted by Gasteiger charge is 2.12. The molecule has 2 aromatic heterocycles. The van der Waals surface area contributed by atoms with Crippen molar-refractivity contribution in [3.05, 3.63) is 81.0 Å². The topological polar surface area (TPSA) is 56.1 Å². The molecule has 0 saturated heterocycles. The molecule has 0 aliphatic rings. The summed E-state index contributed by atoms with van der Waals surface area (Å²) in [4.78, 5) is 16.4. The monoisotopic (exact) mass is 397 g/mol. The van der Waals surface area contributed by atoms with E-state index in [1.54, 1.807) is 17.5 Å². The molecule has 7 heteroatoms. The molecule has 0 fully saturated rings.